The molecule has 0 aromatic carbocycles. The maximum absolute atomic E-state index is 12.3. The van der Waals surface area contributed by atoms with E-state index in [1.165, 1.54) is 17.4 Å². The van der Waals surface area contributed by atoms with E-state index in [0.717, 1.165) is 19.3 Å². The van der Waals surface area contributed by atoms with E-state index >= 15 is 0 Å². The molecule has 18 heavy (non-hydrogen) atoms. The molecular weight excluding hydrogens is 338 g/mol. The first-order valence-corrected chi connectivity index (χ1v) is 8.94. The largest absolute Gasteiger partial charge is 0.391 e. The molecule has 0 amide bonds. The molecule has 2 N–H and O–H groups in total. The third kappa shape index (κ3) is 2.96. The first-order valence-electron chi connectivity index (χ1n) is 5.85. The normalized spacial score (nSPS) is 24.6. The zero-order valence-corrected chi connectivity index (χ0v) is 13.2. The average Bonchev–Trinajstić information content (AvgIpc) is 2.86. The molecule has 4 nitrogen and oxygen atoms in total. The molecule has 1 aliphatic rings. The van der Waals surface area contributed by atoms with Gasteiger partial charge in [0, 0.05) is 10.9 Å². The van der Waals surface area contributed by atoms with Crippen molar-refractivity contribution in [1.29, 1.82) is 0 Å². The van der Waals surface area contributed by atoms with E-state index in [1.54, 1.807) is 0 Å². The van der Waals surface area contributed by atoms with Crippen molar-refractivity contribution in [3.63, 3.8) is 0 Å². The maximum atomic E-state index is 12.3. The van der Waals surface area contributed by atoms with Crippen LogP contribution in [0.4, 0.5) is 0 Å². The number of aliphatic hydroxyl groups excluding tert-OH is 1. The Bertz CT molecular complexity index is 526. The Morgan fingerprint density at radius 1 is 1.56 bits per heavy atom. The third-order valence-electron chi connectivity index (χ3n) is 3.32. The monoisotopic (exact) mass is 353 g/mol. The summed E-state index contributed by atoms with van der Waals surface area (Å²) in [6.45, 7) is 1.93. The fourth-order valence-corrected chi connectivity index (χ4v) is 6.16. The van der Waals surface area contributed by atoms with Gasteiger partial charge in [0.1, 0.15) is 4.90 Å². The third-order valence-corrected chi connectivity index (χ3v) is 7.05. The lowest BCUT2D eigenvalue weighted by Crippen LogP contribution is -2.36. The summed E-state index contributed by atoms with van der Waals surface area (Å²) in [7, 11) is -3.49. The predicted molar refractivity (Wildman–Crippen MR) is 75.1 cm³/mol. The molecule has 1 saturated carbocycles. The van der Waals surface area contributed by atoms with Gasteiger partial charge >= 0.3 is 0 Å². The van der Waals surface area contributed by atoms with E-state index in [4.69, 9.17) is 5.11 Å². The summed E-state index contributed by atoms with van der Waals surface area (Å²) in [4.78, 5) is 0.873. The van der Waals surface area contributed by atoms with Crippen molar-refractivity contribution in [2.24, 2.45) is 5.92 Å². The van der Waals surface area contributed by atoms with Crippen molar-refractivity contribution in [2.75, 3.05) is 0 Å². The van der Waals surface area contributed by atoms with E-state index in [9.17, 15) is 8.42 Å². The van der Waals surface area contributed by atoms with Gasteiger partial charge in [-0.1, -0.05) is 13.3 Å². The molecule has 1 aromatic heterocycles. The minimum Gasteiger partial charge on any atom is -0.391 e. The molecule has 2 rings (SSSR count). The number of hydrogen-bond acceptors (Lipinski definition) is 4. The summed E-state index contributed by atoms with van der Waals surface area (Å²) < 4.78 is 27.8. The van der Waals surface area contributed by atoms with Crippen molar-refractivity contribution in [1.82, 2.24) is 4.72 Å². The van der Waals surface area contributed by atoms with Crippen LogP contribution in [0.5, 0.6) is 0 Å². The fraction of sp³-hybridized carbons (Fsp3) is 0.636. The van der Waals surface area contributed by atoms with Gasteiger partial charge in [0.25, 0.3) is 0 Å². The molecule has 0 radical (unpaired) electrons. The fourth-order valence-electron chi connectivity index (χ4n) is 2.24. The minimum atomic E-state index is -3.49. The Kier molecular flexibility index (Phi) is 4.48. The second kappa shape index (κ2) is 5.58. The van der Waals surface area contributed by atoms with Gasteiger partial charge in [-0.05, 0) is 40.8 Å². The molecule has 7 heteroatoms. The minimum absolute atomic E-state index is 0.0272. The lowest BCUT2D eigenvalue weighted by Gasteiger charge is -2.16. The SMILES string of the molecule is CC1CCCC1NS(=O)(=O)c1cc(CO)sc1Br. The van der Waals surface area contributed by atoms with Crippen LogP contribution in [0.3, 0.4) is 0 Å². The molecule has 102 valence electrons. The van der Waals surface area contributed by atoms with Crippen LogP contribution in [0.1, 0.15) is 31.1 Å². The van der Waals surface area contributed by atoms with E-state index in [1.807, 2.05) is 0 Å². The van der Waals surface area contributed by atoms with Gasteiger partial charge in [-0.15, -0.1) is 11.3 Å². The van der Waals surface area contributed by atoms with Crippen LogP contribution in [0.25, 0.3) is 0 Å². The average molecular weight is 354 g/mol. The molecule has 0 aliphatic heterocycles. The highest BCUT2D eigenvalue weighted by molar-refractivity contribution is 9.11. The number of aliphatic hydroxyl groups is 1. The Hall–Kier alpha value is 0.0500. The molecule has 1 fully saturated rings. The number of thiophene rings is 1. The second-order valence-corrected chi connectivity index (χ2v) is 8.78. The Labute approximate surface area is 120 Å². The van der Waals surface area contributed by atoms with Crippen LogP contribution in [0, 0.1) is 5.92 Å². The number of sulfonamides is 1. The molecule has 2 unspecified atom stereocenters. The molecular formula is C11H16BrNO3S2. The maximum Gasteiger partial charge on any atom is 0.242 e. The van der Waals surface area contributed by atoms with Crippen molar-refractivity contribution >= 4 is 37.3 Å². The van der Waals surface area contributed by atoms with Crippen LogP contribution >= 0.6 is 27.3 Å². The van der Waals surface area contributed by atoms with Gasteiger partial charge in [-0.3, -0.25) is 0 Å². The summed E-state index contributed by atoms with van der Waals surface area (Å²) in [6, 6.07) is 1.55. The second-order valence-electron chi connectivity index (χ2n) is 4.64. The topological polar surface area (TPSA) is 66.4 Å². The summed E-state index contributed by atoms with van der Waals surface area (Å²) in [5.74, 6) is 0.384. The van der Waals surface area contributed by atoms with Crippen LogP contribution in [-0.4, -0.2) is 19.6 Å². The van der Waals surface area contributed by atoms with Crippen LogP contribution in [0.2, 0.25) is 0 Å². The Morgan fingerprint density at radius 3 is 2.78 bits per heavy atom. The summed E-state index contributed by atoms with van der Waals surface area (Å²) >= 11 is 4.49. The van der Waals surface area contributed by atoms with Gasteiger partial charge in [-0.2, -0.15) is 0 Å². The summed E-state index contributed by atoms with van der Waals surface area (Å²) in [5.41, 5.74) is 0. The molecule has 0 bridgehead atoms. The molecule has 1 aromatic rings. The van der Waals surface area contributed by atoms with Crippen molar-refractivity contribution in [3.05, 3.63) is 14.7 Å². The molecule has 1 aliphatic carbocycles. The van der Waals surface area contributed by atoms with Crippen LogP contribution in [0.15, 0.2) is 14.7 Å². The quantitative estimate of drug-likeness (QED) is 0.873. The number of hydrogen-bond donors (Lipinski definition) is 2. The Balaban J connectivity index is 2.22. The molecule has 0 spiro atoms. The van der Waals surface area contributed by atoms with Crippen LogP contribution in [-0.2, 0) is 16.6 Å². The number of rotatable bonds is 4. The molecule has 2 atom stereocenters. The highest BCUT2D eigenvalue weighted by Crippen LogP contribution is 2.33. The van der Waals surface area contributed by atoms with Gasteiger partial charge in [0.05, 0.1) is 10.4 Å². The lowest BCUT2D eigenvalue weighted by atomic mass is 10.1. The van der Waals surface area contributed by atoms with Crippen LogP contribution < -0.4 is 4.72 Å². The number of halogens is 1. The standard InChI is InChI=1S/C11H16BrNO3S2/c1-7-3-2-4-9(7)13-18(15,16)10-5-8(6-14)17-11(10)12/h5,7,9,13-14H,2-4,6H2,1H3. The first-order chi connectivity index (χ1) is 8.44. The van der Waals surface area contributed by atoms with Crippen molar-refractivity contribution in [2.45, 2.75) is 43.7 Å². The highest BCUT2D eigenvalue weighted by atomic mass is 79.9. The first kappa shape index (κ1) is 14.5. The van der Waals surface area contributed by atoms with Gasteiger partial charge in [0.2, 0.25) is 10.0 Å². The van der Waals surface area contributed by atoms with Gasteiger partial charge in [-0.25, -0.2) is 13.1 Å². The lowest BCUT2D eigenvalue weighted by molar-refractivity contribution is 0.285. The number of nitrogens with one attached hydrogen (secondary N) is 1. The van der Waals surface area contributed by atoms with Crippen molar-refractivity contribution in [3.8, 4) is 0 Å². The smallest absolute Gasteiger partial charge is 0.242 e. The zero-order valence-electron chi connectivity index (χ0n) is 10.0. The molecule has 0 saturated heterocycles. The highest BCUT2D eigenvalue weighted by Gasteiger charge is 2.30. The van der Waals surface area contributed by atoms with Gasteiger partial charge < -0.3 is 5.11 Å². The zero-order chi connectivity index (χ0) is 13.3. The van der Waals surface area contributed by atoms with Crippen molar-refractivity contribution < 1.29 is 13.5 Å². The van der Waals surface area contributed by atoms with E-state index < -0.39 is 10.0 Å². The Morgan fingerprint density at radius 2 is 2.28 bits per heavy atom. The molecule has 1 heterocycles. The summed E-state index contributed by atoms with van der Waals surface area (Å²) in [5, 5.41) is 9.04. The van der Waals surface area contributed by atoms with E-state index in [0.29, 0.717) is 14.6 Å². The summed E-state index contributed by atoms with van der Waals surface area (Å²) in [6.07, 6.45) is 3.04. The van der Waals surface area contributed by atoms with E-state index in [-0.39, 0.29) is 17.5 Å². The predicted octanol–water partition coefficient (Wildman–Crippen LogP) is 2.47. The van der Waals surface area contributed by atoms with E-state index in [2.05, 4.69) is 27.6 Å². The van der Waals surface area contributed by atoms with Gasteiger partial charge in [0.15, 0.2) is 0 Å².